The average Bonchev–Trinajstić information content (AvgIpc) is 3.18. The van der Waals surface area contributed by atoms with Gasteiger partial charge in [0, 0.05) is 43.4 Å². The quantitative estimate of drug-likeness (QED) is 0.675. The molecule has 1 unspecified atom stereocenters. The predicted octanol–water partition coefficient (Wildman–Crippen LogP) is 2.07. The van der Waals surface area contributed by atoms with E-state index < -0.39 is 10.0 Å². The number of hydrogen-bond donors (Lipinski definition) is 1. The van der Waals surface area contributed by atoms with Gasteiger partial charge in [-0.05, 0) is 41.8 Å². The fourth-order valence-corrected chi connectivity index (χ4v) is 4.96. The van der Waals surface area contributed by atoms with Crippen LogP contribution in [0.1, 0.15) is 22.4 Å². The molecule has 0 aliphatic carbocycles. The first-order valence-corrected chi connectivity index (χ1v) is 11.4. The molecule has 1 aromatic carbocycles. The number of benzene rings is 1. The summed E-state index contributed by atoms with van der Waals surface area (Å²) in [6.07, 6.45) is 8.71. The van der Waals surface area contributed by atoms with Crippen molar-refractivity contribution in [2.75, 3.05) is 17.7 Å². The van der Waals surface area contributed by atoms with Crippen LogP contribution in [0.4, 0.5) is 5.69 Å². The molecule has 2 aromatic heterocycles. The molecule has 0 bridgehead atoms. The fourth-order valence-electron chi connectivity index (χ4n) is 3.90. The minimum atomic E-state index is -3.48. The number of sulfonamides is 1. The molecule has 0 saturated carbocycles. The van der Waals surface area contributed by atoms with Crippen LogP contribution in [0.2, 0.25) is 0 Å². The molecule has 0 amide bonds. The molecule has 154 valence electrons. The summed E-state index contributed by atoms with van der Waals surface area (Å²) < 4.78 is 27.0. The van der Waals surface area contributed by atoms with Gasteiger partial charge in [0.1, 0.15) is 0 Å². The molecule has 1 N–H and O–H groups in total. The average molecular weight is 423 g/mol. The topological polar surface area (TPSA) is 106 Å². The van der Waals surface area contributed by atoms with Crippen LogP contribution >= 0.6 is 0 Å². The van der Waals surface area contributed by atoms with E-state index in [0.717, 1.165) is 22.5 Å². The smallest absolute Gasteiger partial charge is 0.211 e. The molecule has 1 aliphatic rings. The summed E-state index contributed by atoms with van der Waals surface area (Å²) >= 11 is 0. The van der Waals surface area contributed by atoms with Crippen molar-refractivity contribution in [1.82, 2.24) is 19.3 Å². The first-order chi connectivity index (χ1) is 14.4. The van der Waals surface area contributed by atoms with Gasteiger partial charge in [0.05, 0.1) is 36.5 Å². The van der Waals surface area contributed by atoms with Gasteiger partial charge in [0.15, 0.2) is 0 Å². The molecule has 3 heterocycles. The van der Waals surface area contributed by atoms with Gasteiger partial charge in [-0.25, -0.2) is 13.4 Å². The second kappa shape index (κ2) is 8.26. The summed E-state index contributed by atoms with van der Waals surface area (Å²) in [6.45, 7) is 1.24. The Morgan fingerprint density at radius 1 is 1.33 bits per heavy atom. The summed E-state index contributed by atoms with van der Waals surface area (Å²) in [6, 6.07) is 11.1. The van der Waals surface area contributed by atoms with Crippen LogP contribution in [0.25, 0.3) is 0 Å². The zero-order valence-corrected chi connectivity index (χ0v) is 17.4. The Hall–Kier alpha value is -3.22. The van der Waals surface area contributed by atoms with E-state index in [1.54, 1.807) is 30.9 Å². The van der Waals surface area contributed by atoms with Gasteiger partial charge < -0.3 is 9.88 Å². The molecule has 0 spiro atoms. The van der Waals surface area contributed by atoms with Crippen LogP contribution in [-0.2, 0) is 29.5 Å². The Balaban J connectivity index is 1.77. The summed E-state index contributed by atoms with van der Waals surface area (Å²) in [4.78, 5) is 13.6. The molecule has 0 saturated heterocycles. The molecule has 0 radical (unpaired) electrons. The fraction of sp³-hybridized carbons (Fsp3) is 0.286. The summed E-state index contributed by atoms with van der Waals surface area (Å²) in [5, 5.41) is 9.34. The van der Waals surface area contributed by atoms with Gasteiger partial charge in [-0.3, -0.25) is 4.98 Å². The Labute approximate surface area is 175 Å². The van der Waals surface area contributed by atoms with Crippen molar-refractivity contribution in [2.45, 2.75) is 25.6 Å². The third-order valence-corrected chi connectivity index (χ3v) is 6.52. The first kappa shape index (κ1) is 20.1. The molecule has 8 nitrogen and oxygen atoms in total. The van der Waals surface area contributed by atoms with Crippen molar-refractivity contribution in [2.24, 2.45) is 0 Å². The number of hydrogen-bond acceptors (Lipinski definition) is 6. The Morgan fingerprint density at radius 2 is 2.20 bits per heavy atom. The third kappa shape index (κ3) is 4.35. The van der Waals surface area contributed by atoms with Crippen LogP contribution in [0.15, 0.2) is 55.2 Å². The van der Waals surface area contributed by atoms with Gasteiger partial charge in [0.2, 0.25) is 10.0 Å². The van der Waals surface area contributed by atoms with Gasteiger partial charge in [0.25, 0.3) is 0 Å². The van der Waals surface area contributed by atoms with Crippen LogP contribution in [0, 0.1) is 11.3 Å². The number of nitrogens with zero attached hydrogens (tertiary/aromatic N) is 5. The van der Waals surface area contributed by atoms with Gasteiger partial charge in [-0.15, -0.1) is 0 Å². The lowest BCUT2D eigenvalue weighted by atomic mass is 10.1. The van der Waals surface area contributed by atoms with E-state index >= 15 is 0 Å². The highest BCUT2D eigenvalue weighted by molar-refractivity contribution is 7.88. The van der Waals surface area contributed by atoms with Crippen molar-refractivity contribution < 1.29 is 8.42 Å². The summed E-state index contributed by atoms with van der Waals surface area (Å²) in [5.74, 6) is 0. The number of rotatable bonds is 5. The monoisotopic (exact) mass is 422 g/mol. The van der Waals surface area contributed by atoms with Gasteiger partial charge in [-0.2, -0.15) is 9.57 Å². The molecule has 30 heavy (non-hydrogen) atoms. The van der Waals surface area contributed by atoms with Crippen LogP contribution < -0.4 is 4.90 Å². The number of anilines is 1. The SMILES string of the molecule is CS(=O)(=O)N1Cc2cc(C#N)ccc2N(Cc2c[nH]cn2)CC1Cc1cccnc1. The highest BCUT2D eigenvalue weighted by atomic mass is 32.2. The molecule has 4 rings (SSSR count). The van der Waals surface area contributed by atoms with E-state index in [1.807, 2.05) is 24.4 Å². The van der Waals surface area contributed by atoms with Crippen LogP contribution in [-0.4, -0.2) is 46.5 Å². The minimum Gasteiger partial charge on any atom is -0.364 e. The maximum atomic E-state index is 12.7. The van der Waals surface area contributed by atoms with Crippen molar-refractivity contribution in [3.8, 4) is 6.07 Å². The second-order valence-corrected chi connectivity index (χ2v) is 9.36. The molecular formula is C21H22N6O2S. The molecule has 1 aliphatic heterocycles. The molecule has 1 atom stereocenters. The zero-order valence-electron chi connectivity index (χ0n) is 16.6. The maximum absolute atomic E-state index is 12.7. The number of pyridine rings is 1. The van der Waals surface area contributed by atoms with E-state index in [1.165, 1.54) is 10.6 Å². The van der Waals surface area contributed by atoms with E-state index in [4.69, 9.17) is 0 Å². The van der Waals surface area contributed by atoms with Crippen molar-refractivity contribution in [3.05, 3.63) is 77.6 Å². The zero-order chi connectivity index (χ0) is 21.1. The Morgan fingerprint density at radius 3 is 2.87 bits per heavy atom. The van der Waals surface area contributed by atoms with Crippen molar-refractivity contribution in [1.29, 1.82) is 5.26 Å². The maximum Gasteiger partial charge on any atom is 0.211 e. The normalized spacial score (nSPS) is 17.2. The second-order valence-electron chi connectivity index (χ2n) is 7.42. The summed E-state index contributed by atoms with van der Waals surface area (Å²) in [5.41, 5.74) is 4.06. The van der Waals surface area contributed by atoms with Crippen LogP contribution in [0.5, 0.6) is 0 Å². The number of H-pyrrole nitrogens is 1. The predicted molar refractivity (Wildman–Crippen MR) is 113 cm³/mol. The lowest BCUT2D eigenvalue weighted by Gasteiger charge is -2.31. The van der Waals surface area contributed by atoms with Gasteiger partial charge >= 0.3 is 0 Å². The van der Waals surface area contributed by atoms with E-state index in [0.29, 0.717) is 25.1 Å². The molecular weight excluding hydrogens is 400 g/mol. The highest BCUT2D eigenvalue weighted by Crippen LogP contribution is 2.31. The minimum absolute atomic E-state index is 0.214. The number of aromatic amines is 1. The largest absolute Gasteiger partial charge is 0.364 e. The lowest BCUT2D eigenvalue weighted by molar-refractivity contribution is 0.320. The molecule has 9 heteroatoms. The Bertz CT molecular complexity index is 1160. The lowest BCUT2D eigenvalue weighted by Crippen LogP contribution is -2.45. The third-order valence-electron chi connectivity index (χ3n) is 5.24. The molecule has 3 aromatic rings. The number of aromatic nitrogens is 3. The van der Waals surface area contributed by atoms with Crippen LogP contribution in [0.3, 0.4) is 0 Å². The molecule has 0 fully saturated rings. The van der Waals surface area contributed by atoms with Crippen molar-refractivity contribution >= 4 is 15.7 Å². The van der Waals surface area contributed by atoms with Crippen molar-refractivity contribution in [3.63, 3.8) is 0 Å². The number of fused-ring (bicyclic) bond motifs is 1. The number of imidazole rings is 1. The highest BCUT2D eigenvalue weighted by Gasteiger charge is 2.33. The standard InChI is InChI=1S/C21H22N6O2S/c1-30(28,29)27-12-18-7-16(9-22)4-5-21(18)26(13-19-11-24-15-25-19)14-20(27)8-17-3-2-6-23-10-17/h2-7,10-11,15,20H,8,12-14H2,1H3,(H,24,25). The van der Waals surface area contributed by atoms with E-state index in [-0.39, 0.29) is 12.6 Å². The summed E-state index contributed by atoms with van der Waals surface area (Å²) in [7, 11) is -3.48. The Kier molecular flexibility index (Phi) is 5.53. The van der Waals surface area contributed by atoms with Gasteiger partial charge in [-0.1, -0.05) is 6.07 Å². The van der Waals surface area contributed by atoms with E-state index in [9.17, 15) is 13.7 Å². The van der Waals surface area contributed by atoms with E-state index in [2.05, 4.69) is 25.9 Å². The number of nitrogens with one attached hydrogen (secondary N) is 1. The number of nitriles is 1. The first-order valence-electron chi connectivity index (χ1n) is 9.55.